The highest BCUT2D eigenvalue weighted by atomic mass is 16.5. The number of H-pyrrole nitrogens is 1. The van der Waals surface area contributed by atoms with Gasteiger partial charge in [-0.2, -0.15) is 5.10 Å². The topological polar surface area (TPSA) is 79.0 Å². The summed E-state index contributed by atoms with van der Waals surface area (Å²) in [6.45, 7) is 0.718. The number of nitrogens with zero attached hydrogens (tertiary/aromatic N) is 1. The minimum Gasteiger partial charge on any atom is -0.380 e. The zero-order valence-electron chi connectivity index (χ0n) is 10.6. The zero-order chi connectivity index (χ0) is 13.2. The number of aromatic amines is 1. The molecule has 1 aromatic heterocycles. The summed E-state index contributed by atoms with van der Waals surface area (Å²) in [5.41, 5.74) is 1.73. The number of ether oxygens (including phenoxy) is 1. The first-order valence-corrected chi connectivity index (χ1v) is 6.26. The van der Waals surface area contributed by atoms with Crippen LogP contribution in [0.15, 0.2) is 24.4 Å². The number of aromatic nitrogens is 2. The lowest BCUT2D eigenvalue weighted by Crippen LogP contribution is -2.35. The molecule has 2 unspecified atom stereocenters. The molecule has 1 saturated heterocycles. The highest BCUT2D eigenvalue weighted by Crippen LogP contribution is 2.18. The summed E-state index contributed by atoms with van der Waals surface area (Å²) in [5, 5.41) is 13.9. The van der Waals surface area contributed by atoms with Crippen LogP contribution < -0.4 is 10.6 Å². The molecule has 1 amide bonds. The number of fused-ring (bicyclic) bond motifs is 1. The Labute approximate surface area is 110 Å². The third-order valence-corrected chi connectivity index (χ3v) is 3.45. The number of carbonyl (C=O) groups is 1. The summed E-state index contributed by atoms with van der Waals surface area (Å²) >= 11 is 0. The van der Waals surface area contributed by atoms with Crippen molar-refractivity contribution in [1.82, 2.24) is 15.5 Å². The number of hydrogen-bond acceptors (Lipinski definition) is 4. The number of hydrogen-bond donors (Lipinski definition) is 3. The van der Waals surface area contributed by atoms with Crippen molar-refractivity contribution in [2.24, 2.45) is 0 Å². The molecule has 1 aromatic carbocycles. The van der Waals surface area contributed by atoms with Crippen molar-refractivity contribution in [2.75, 3.05) is 19.0 Å². The molecule has 100 valence electrons. The molecule has 0 spiro atoms. The summed E-state index contributed by atoms with van der Waals surface area (Å²) in [4.78, 5) is 12.1. The Morgan fingerprint density at radius 1 is 1.53 bits per heavy atom. The molecule has 3 N–H and O–H groups in total. The number of rotatable bonds is 3. The highest BCUT2D eigenvalue weighted by Gasteiger charge is 2.29. The molecule has 6 nitrogen and oxygen atoms in total. The third-order valence-electron chi connectivity index (χ3n) is 3.45. The number of carbonyl (C=O) groups excluding carboxylic acids is 1. The van der Waals surface area contributed by atoms with Gasteiger partial charge in [0.2, 0.25) is 5.91 Å². The van der Waals surface area contributed by atoms with Crippen molar-refractivity contribution >= 4 is 22.5 Å². The van der Waals surface area contributed by atoms with Gasteiger partial charge in [0.1, 0.15) is 0 Å². The second kappa shape index (κ2) is 4.99. The molecule has 0 aliphatic carbocycles. The largest absolute Gasteiger partial charge is 0.380 e. The van der Waals surface area contributed by atoms with Crippen molar-refractivity contribution in [1.29, 1.82) is 0 Å². The lowest BCUT2D eigenvalue weighted by atomic mass is 10.2. The van der Waals surface area contributed by atoms with Crippen LogP contribution in [-0.4, -0.2) is 41.9 Å². The fourth-order valence-corrected chi connectivity index (χ4v) is 2.33. The Bertz CT molecular complexity index is 595. The maximum Gasteiger partial charge on any atom is 0.241 e. The Hall–Kier alpha value is -1.92. The van der Waals surface area contributed by atoms with Crippen LogP contribution in [0.5, 0.6) is 0 Å². The summed E-state index contributed by atoms with van der Waals surface area (Å²) in [5.74, 6) is -0.0256. The molecule has 1 aliphatic heterocycles. The van der Waals surface area contributed by atoms with Gasteiger partial charge in [-0.05, 0) is 24.6 Å². The van der Waals surface area contributed by atoms with E-state index in [1.165, 1.54) is 0 Å². The van der Waals surface area contributed by atoms with E-state index in [0.29, 0.717) is 6.42 Å². The van der Waals surface area contributed by atoms with Crippen molar-refractivity contribution in [3.05, 3.63) is 24.4 Å². The molecule has 19 heavy (non-hydrogen) atoms. The maximum absolute atomic E-state index is 12.1. The fourth-order valence-electron chi connectivity index (χ4n) is 2.33. The molecular weight excluding hydrogens is 244 g/mol. The fraction of sp³-hybridized carbons (Fsp3) is 0.385. The lowest BCUT2D eigenvalue weighted by molar-refractivity contribution is -0.118. The SMILES string of the molecule is COC1CNC(C(=O)Nc2ccc3[nH]ncc3c2)C1. The average Bonchev–Trinajstić information content (AvgIpc) is 3.06. The van der Waals surface area contributed by atoms with Gasteiger partial charge in [-0.15, -0.1) is 0 Å². The van der Waals surface area contributed by atoms with Gasteiger partial charge in [0.25, 0.3) is 0 Å². The Morgan fingerprint density at radius 3 is 3.21 bits per heavy atom. The van der Waals surface area contributed by atoms with Gasteiger partial charge in [0.05, 0.1) is 23.9 Å². The van der Waals surface area contributed by atoms with Crippen LogP contribution in [0.3, 0.4) is 0 Å². The summed E-state index contributed by atoms with van der Waals surface area (Å²) in [7, 11) is 1.67. The smallest absolute Gasteiger partial charge is 0.241 e. The third kappa shape index (κ3) is 2.45. The predicted octanol–water partition coefficient (Wildman–Crippen LogP) is 0.878. The number of anilines is 1. The normalized spacial score (nSPS) is 22.8. The van der Waals surface area contributed by atoms with Crippen molar-refractivity contribution in [2.45, 2.75) is 18.6 Å². The minimum atomic E-state index is -0.190. The molecule has 1 fully saturated rings. The molecule has 6 heteroatoms. The van der Waals surface area contributed by atoms with Gasteiger partial charge in [-0.1, -0.05) is 0 Å². The Balaban J connectivity index is 1.68. The van der Waals surface area contributed by atoms with Crippen LogP contribution in [0, 0.1) is 0 Å². The molecule has 0 bridgehead atoms. The van der Waals surface area contributed by atoms with E-state index in [2.05, 4.69) is 20.8 Å². The number of methoxy groups -OCH3 is 1. The standard InChI is InChI=1S/C13H16N4O2/c1-19-10-5-12(14-7-10)13(18)16-9-2-3-11-8(4-9)6-15-17-11/h2-4,6,10,12,14H,5,7H2,1H3,(H,15,17)(H,16,18). The molecule has 2 atom stereocenters. The van der Waals surface area contributed by atoms with Gasteiger partial charge in [0.15, 0.2) is 0 Å². The molecule has 3 rings (SSSR count). The minimum absolute atomic E-state index is 0.0256. The summed E-state index contributed by atoms with van der Waals surface area (Å²) in [6.07, 6.45) is 2.56. The van der Waals surface area contributed by atoms with E-state index < -0.39 is 0 Å². The molecular formula is C13H16N4O2. The van der Waals surface area contributed by atoms with Crippen LogP contribution in [0.2, 0.25) is 0 Å². The van der Waals surface area contributed by atoms with E-state index >= 15 is 0 Å². The number of nitrogens with one attached hydrogen (secondary N) is 3. The second-order valence-electron chi connectivity index (χ2n) is 4.72. The van der Waals surface area contributed by atoms with Crippen molar-refractivity contribution in [3.63, 3.8) is 0 Å². The van der Waals surface area contributed by atoms with Gasteiger partial charge in [-0.25, -0.2) is 0 Å². The molecule has 2 heterocycles. The average molecular weight is 260 g/mol. The van der Waals surface area contributed by atoms with E-state index in [1.54, 1.807) is 13.3 Å². The first-order valence-electron chi connectivity index (χ1n) is 6.26. The van der Waals surface area contributed by atoms with Gasteiger partial charge in [-0.3, -0.25) is 9.89 Å². The van der Waals surface area contributed by atoms with Crippen LogP contribution in [-0.2, 0) is 9.53 Å². The van der Waals surface area contributed by atoms with Gasteiger partial charge >= 0.3 is 0 Å². The summed E-state index contributed by atoms with van der Waals surface area (Å²) in [6, 6.07) is 5.48. The lowest BCUT2D eigenvalue weighted by Gasteiger charge is -2.11. The number of amides is 1. The second-order valence-corrected chi connectivity index (χ2v) is 4.72. The summed E-state index contributed by atoms with van der Waals surface area (Å²) < 4.78 is 5.23. The van der Waals surface area contributed by atoms with Gasteiger partial charge in [0, 0.05) is 24.7 Å². The maximum atomic E-state index is 12.1. The van der Waals surface area contributed by atoms with Crippen LogP contribution in [0.4, 0.5) is 5.69 Å². The van der Waals surface area contributed by atoms with E-state index in [0.717, 1.165) is 23.1 Å². The van der Waals surface area contributed by atoms with Gasteiger partial charge < -0.3 is 15.4 Å². The Morgan fingerprint density at radius 2 is 2.42 bits per heavy atom. The first kappa shape index (κ1) is 12.1. The predicted molar refractivity (Wildman–Crippen MR) is 71.9 cm³/mol. The van der Waals surface area contributed by atoms with Crippen LogP contribution in [0.25, 0.3) is 10.9 Å². The molecule has 2 aromatic rings. The first-order chi connectivity index (χ1) is 9.26. The molecule has 0 saturated carbocycles. The van der Waals surface area contributed by atoms with Crippen LogP contribution in [0.1, 0.15) is 6.42 Å². The van der Waals surface area contributed by atoms with Crippen molar-refractivity contribution < 1.29 is 9.53 Å². The monoisotopic (exact) mass is 260 g/mol. The van der Waals surface area contributed by atoms with E-state index in [-0.39, 0.29) is 18.1 Å². The quantitative estimate of drug-likeness (QED) is 0.765. The van der Waals surface area contributed by atoms with Crippen molar-refractivity contribution in [3.8, 4) is 0 Å². The van der Waals surface area contributed by atoms with E-state index in [4.69, 9.17) is 4.74 Å². The molecule has 0 radical (unpaired) electrons. The highest BCUT2D eigenvalue weighted by molar-refractivity contribution is 5.96. The van der Waals surface area contributed by atoms with E-state index in [9.17, 15) is 4.79 Å². The number of benzene rings is 1. The Kier molecular flexibility index (Phi) is 3.18. The molecule has 1 aliphatic rings. The van der Waals surface area contributed by atoms with Crippen LogP contribution >= 0.6 is 0 Å². The van der Waals surface area contributed by atoms with E-state index in [1.807, 2.05) is 18.2 Å². The zero-order valence-corrected chi connectivity index (χ0v) is 10.6.